The summed E-state index contributed by atoms with van der Waals surface area (Å²) in [5.41, 5.74) is 1.80. The van der Waals surface area contributed by atoms with Crippen molar-refractivity contribution < 1.29 is 18.5 Å². The van der Waals surface area contributed by atoms with Gasteiger partial charge in [-0.2, -0.15) is 4.98 Å². The highest BCUT2D eigenvalue weighted by Crippen LogP contribution is 2.22. The fourth-order valence-electron chi connectivity index (χ4n) is 2.84. The second-order valence-corrected chi connectivity index (χ2v) is 6.95. The van der Waals surface area contributed by atoms with Crippen LogP contribution < -0.4 is 5.32 Å². The Kier molecular flexibility index (Phi) is 5.53. The molecule has 1 N–H and O–H groups in total. The zero-order chi connectivity index (χ0) is 20.2. The van der Waals surface area contributed by atoms with E-state index in [1.807, 2.05) is 6.07 Å². The maximum Gasteiger partial charge on any atom is 0.269 e. The van der Waals surface area contributed by atoms with E-state index in [9.17, 15) is 9.18 Å². The minimum absolute atomic E-state index is 0.274. The zero-order valence-corrected chi connectivity index (χ0v) is 15.9. The van der Waals surface area contributed by atoms with Gasteiger partial charge in [0.1, 0.15) is 17.6 Å². The van der Waals surface area contributed by atoms with Crippen molar-refractivity contribution in [2.45, 2.75) is 25.5 Å². The number of aromatic nitrogens is 2. The molecule has 0 spiro atoms. The molecule has 2 heterocycles. The van der Waals surface area contributed by atoms with Crippen molar-refractivity contribution in [2.75, 3.05) is 0 Å². The topological polar surface area (TPSA) is 89.6 Å². The number of carbonyl (C=O) groups excluding carboxylic acids is 1. The van der Waals surface area contributed by atoms with Gasteiger partial charge >= 0.3 is 0 Å². The van der Waals surface area contributed by atoms with Crippen molar-refractivity contribution in [3.8, 4) is 11.5 Å². The van der Waals surface area contributed by atoms with Gasteiger partial charge in [-0.1, -0.05) is 40.1 Å². The van der Waals surface area contributed by atoms with E-state index in [-0.39, 0.29) is 30.1 Å². The number of nitrogens with zero attached hydrogens (tertiary/aromatic N) is 3. The Labute approximate surface area is 170 Å². The standard InChI is InChI=1S/C20H16ClFN4O3/c21-14-3-1-2-13(8-14)20-24-18(26-29-20)10-16-9-17(25-28-16)19(27)23-11-12-4-6-15(22)7-5-12/h1-8,16H,9-11H2,(H,23,27)/t16-/m0/s1. The van der Waals surface area contributed by atoms with E-state index in [0.29, 0.717) is 29.6 Å². The highest BCUT2D eigenvalue weighted by molar-refractivity contribution is 6.39. The molecule has 1 amide bonds. The lowest BCUT2D eigenvalue weighted by Gasteiger charge is -2.05. The summed E-state index contributed by atoms with van der Waals surface area (Å²) in [6, 6.07) is 13.0. The summed E-state index contributed by atoms with van der Waals surface area (Å²) in [5.74, 6) is 0.160. The molecule has 0 saturated carbocycles. The monoisotopic (exact) mass is 414 g/mol. The van der Waals surface area contributed by atoms with Gasteiger partial charge in [0.2, 0.25) is 0 Å². The van der Waals surface area contributed by atoms with Crippen molar-refractivity contribution in [1.82, 2.24) is 15.5 Å². The Morgan fingerprint density at radius 3 is 2.86 bits per heavy atom. The Hall–Kier alpha value is -3.26. The van der Waals surface area contributed by atoms with Crippen LogP contribution in [-0.4, -0.2) is 27.9 Å². The van der Waals surface area contributed by atoms with Crippen molar-refractivity contribution in [2.24, 2.45) is 5.16 Å². The summed E-state index contributed by atoms with van der Waals surface area (Å²) >= 11 is 5.98. The van der Waals surface area contributed by atoms with Crippen molar-refractivity contribution in [3.05, 3.63) is 70.8 Å². The van der Waals surface area contributed by atoms with Crippen LogP contribution in [0.15, 0.2) is 58.2 Å². The lowest BCUT2D eigenvalue weighted by Crippen LogP contribution is -2.30. The minimum atomic E-state index is -0.355. The summed E-state index contributed by atoms with van der Waals surface area (Å²) in [4.78, 5) is 21.9. The first-order chi connectivity index (χ1) is 14.1. The van der Waals surface area contributed by atoms with Crippen LogP contribution in [0.3, 0.4) is 0 Å². The Balaban J connectivity index is 1.29. The van der Waals surface area contributed by atoms with Crippen LogP contribution in [0.2, 0.25) is 5.02 Å². The van der Waals surface area contributed by atoms with E-state index in [1.165, 1.54) is 12.1 Å². The Morgan fingerprint density at radius 1 is 1.24 bits per heavy atom. The molecule has 7 nitrogen and oxygen atoms in total. The molecule has 0 aliphatic carbocycles. The van der Waals surface area contributed by atoms with Crippen LogP contribution in [0, 0.1) is 5.82 Å². The lowest BCUT2D eigenvalue weighted by molar-refractivity contribution is -0.115. The lowest BCUT2D eigenvalue weighted by atomic mass is 10.1. The average molecular weight is 415 g/mol. The molecule has 4 rings (SSSR count). The first-order valence-electron chi connectivity index (χ1n) is 8.90. The van der Waals surface area contributed by atoms with Crippen LogP contribution in [-0.2, 0) is 22.6 Å². The van der Waals surface area contributed by atoms with Crippen LogP contribution in [0.5, 0.6) is 0 Å². The number of rotatable bonds is 6. The maximum atomic E-state index is 12.9. The number of halogens is 2. The van der Waals surface area contributed by atoms with E-state index < -0.39 is 0 Å². The van der Waals surface area contributed by atoms with Gasteiger partial charge in [0.15, 0.2) is 5.82 Å². The summed E-state index contributed by atoms with van der Waals surface area (Å²) in [6.45, 7) is 0.274. The van der Waals surface area contributed by atoms with Gasteiger partial charge in [0, 0.05) is 23.6 Å². The first-order valence-corrected chi connectivity index (χ1v) is 9.28. The third-order valence-electron chi connectivity index (χ3n) is 4.31. The second kappa shape index (κ2) is 8.40. The molecule has 1 aliphatic rings. The number of carbonyl (C=O) groups is 1. The number of hydrogen-bond acceptors (Lipinski definition) is 6. The van der Waals surface area contributed by atoms with E-state index in [4.69, 9.17) is 21.0 Å². The number of amides is 1. The molecule has 9 heteroatoms. The fraction of sp³-hybridized carbons (Fsp3) is 0.200. The van der Waals surface area contributed by atoms with Crippen molar-refractivity contribution in [1.29, 1.82) is 0 Å². The molecule has 0 unspecified atom stereocenters. The van der Waals surface area contributed by atoms with Gasteiger partial charge in [-0.15, -0.1) is 0 Å². The van der Waals surface area contributed by atoms with Gasteiger partial charge in [-0.3, -0.25) is 4.79 Å². The quantitative estimate of drug-likeness (QED) is 0.666. The van der Waals surface area contributed by atoms with Crippen LogP contribution >= 0.6 is 11.6 Å². The maximum absolute atomic E-state index is 12.9. The predicted octanol–water partition coefficient (Wildman–Crippen LogP) is 3.53. The molecule has 29 heavy (non-hydrogen) atoms. The highest BCUT2D eigenvalue weighted by atomic mass is 35.5. The van der Waals surface area contributed by atoms with E-state index in [1.54, 1.807) is 30.3 Å². The van der Waals surface area contributed by atoms with Crippen LogP contribution in [0.1, 0.15) is 17.8 Å². The summed E-state index contributed by atoms with van der Waals surface area (Å²) in [6.07, 6.45) is 0.324. The smallest absolute Gasteiger partial charge is 0.269 e. The predicted molar refractivity (Wildman–Crippen MR) is 104 cm³/mol. The van der Waals surface area contributed by atoms with Gasteiger partial charge in [0.05, 0.1) is 6.42 Å². The molecular formula is C20H16ClFN4O3. The highest BCUT2D eigenvalue weighted by Gasteiger charge is 2.27. The number of oxime groups is 1. The number of nitrogens with one attached hydrogen (secondary N) is 1. The second-order valence-electron chi connectivity index (χ2n) is 6.51. The minimum Gasteiger partial charge on any atom is -0.391 e. The molecule has 2 aromatic carbocycles. The Bertz CT molecular complexity index is 1050. The summed E-state index contributed by atoms with van der Waals surface area (Å²) in [5, 5.41) is 11.1. The summed E-state index contributed by atoms with van der Waals surface area (Å²) < 4.78 is 18.2. The fourth-order valence-corrected chi connectivity index (χ4v) is 3.03. The molecule has 3 aromatic rings. The largest absolute Gasteiger partial charge is 0.391 e. The molecular weight excluding hydrogens is 399 g/mol. The van der Waals surface area contributed by atoms with Crippen molar-refractivity contribution in [3.63, 3.8) is 0 Å². The summed E-state index contributed by atoms with van der Waals surface area (Å²) in [7, 11) is 0. The van der Waals surface area contributed by atoms with E-state index in [2.05, 4.69) is 20.6 Å². The van der Waals surface area contributed by atoms with Gasteiger partial charge < -0.3 is 14.7 Å². The molecule has 1 aromatic heterocycles. The van der Waals surface area contributed by atoms with E-state index >= 15 is 0 Å². The molecule has 0 radical (unpaired) electrons. The van der Waals surface area contributed by atoms with Gasteiger partial charge in [-0.25, -0.2) is 4.39 Å². The first kappa shape index (κ1) is 19.1. The molecule has 148 valence electrons. The number of benzene rings is 2. The molecule has 1 aliphatic heterocycles. The van der Waals surface area contributed by atoms with Crippen molar-refractivity contribution >= 4 is 23.2 Å². The van der Waals surface area contributed by atoms with Crippen LogP contribution in [0.4, 0.5) is 4.39 Å². The average Bonchev–Trinajstić information content (AvgIpc) is 3.38. The molecule has 0 bridgehead atoms. The van der Waals surface area contributed by atoms with Gasteiger partial charge in [-0.05, 0) is 35.9 Å². The zero-order valence-electron chi connectivity index (χ0n) is 15.1. The SMILES string of the molecule is O=C(NCc1ccc(F)cc1)C1=NO[C@H](Cc2noc(-c3cccc(Cl)c3)n2)C1. The Morgan fingerprint density at radius 2 is 2.07 bits per heavy atom. The molecule has 0 fully saturated rings. The molecule has 1 atom stereocenters. The van der Waals surface area contributed by atoms with Gasteiger partial charge in [0.25, 0.3) is 11.8 Å². The third kappa shape index (κ3) is 4.78. The van der Waals surface area contributed by atoms with E-state index in [0.717, 1.165) is 11.1 Å². The third-order valence-corrected chi connectivity index (χ3v) is 4.55. The van der Waals surface area contributed by atoms with Crippen LogP contribution in [0.25, 0.3) is 11.5 Å². The normalized spacial score (nSPS) is 15.7. The molecule has 0 saturated heterocycles. The number of hydrogen-bond donors (Lipinski definition) is 1.